The normalized spacial score (nSPS) is 14.0. The molecule has 6 heteroatoms. The molecule has 178 valence electrons. The minimum Gasteiger partial charge on any atom is -0.494 e. The SMILES string of the molecule is CC(C)CCOc1ccccc1C(=O)NC(=S)Nc1ccc(OCCC2CCCCC2)cc1. The number of amides is 1. The molecule has 33 heavy (non-hydrogen) atoms. The number of ether oxygens (including phenoxy) is 2. The van der Waals surface area contributed by atoms with Crippen molar-refractivity contribution in [1.82, 2.24) is 5.32 Å². The minimum absolute atomic E-state index is 0.239. The van der Waals surface area contributed by atoms with E-state index in [0.29, 0.717) is 23.8 Å². The van der Waals surface area contributed by atoms with Crippen LogP contribution in [0.2, 0.25) is 0 Å². The Morgan fingerprint density at radius 3 is 2.45 bits per heavy atom. The quantitative estimate of drug-likeness (QED) is 0.385. The molecule has 1 amide bonds. The Kier molecular flexibility index (Phi) is 10.0. The maximum absolute atomic E-state index is 12.7. The monoisotopic (exact) mass is 468 g/mol. The average Bonchev–Trinajstić information content (AvgIpc) is 2.81. The number of para-hydroxylation sites is 1. The van der Waals surface area contributed by atoms with Gasteiger partial charge in [0.1, 0.15) is 11.5 Å². The van der Waals surface area contributed by atoms with E-state index in [-0.39, 0.29) is 11.0 Å². The van der Waals surface area contributed by atoms with Gasteiger partial charge in [0.05, 0.1) is 18.8 Å². The molecule has 1 fully saturated rings. The van der Waals surface area contributed by atoms with Crippen molar-refractivity contribution in [3.8, 4) is 11.5 Å². The van der Waals surface area contributed by atoms with Crippen molar-refractivity contribution in [3.05, 3.63) is 54.1 Å². The first-order valence-corrected chi connectivity index (χ1v) is 12.5. The summed E-state index contributed by atoms with van der Waals surface area (Å²) >= 11 is 5.34. The summed E-state index contributed by atoms with van der Waals surface area (Å²) in [5, 5.41) is 6.04. The van der Waals surface area contributed by atoms with Crippen molar-refractivity contribution in [2.75, 3.05) is 18.5 Å². The molecule has 0 aromatic heterocycles. The first-order valence-electron chi connectivity index (χ1n) is 12.1. The number of thiocarbonyl (C=S) groups is 1. The van der Waals surface area contributed by atoms with E-state index in [9.17, 15) is 4.79 Å². The van der Waals surface area contributed by atoms with E-state index in [2.05, 4.69) is 24.5 Å². The van der Waals surface area contributed by atoms with Crippen molar-refractivity contribution in [2.45, 2.75) is 58.8 Å². The van der Waals surface area contributed by atoms with Crippen LogP contribution in [0.25, 0.3) is 0 Å². The van der Waals surface area contributed by atoms with Gasteiger partial charge in [0.15, 0.2) is 5.11 Å². The molecule has 0 heterocycles. The smallest absolute Gasteiger partial charge is 0.261 e. The fourth-order valence-electron chi connectivity index (χ4n) is 3.97. The van der Waals surface area contributed by atoms with E-state index in [1.54, 1.807) is 12.1 Å². The Bertz CT molecular complexity index is 892. The first kappa shape index (κ1) is 25.0. The number of nitrogens with one attached hydrogen (secondary N) is 2. The van der Waals surface area contributed by atoms with Crippen molar-refractivity contribution in [1.29, 1.82) is 0 Å². The highest BCUT2D eigenvalue weighted by Crippen LogP contribution is 2.26. The summed E-state index contributed by atoms with van der Waals surface area (Å²) < 4.78 is 11.7. The molecular formula is C27H36N2O3S. The van der Waals surface area contributed by atoms with Gasteiger partial charge in [-0.1, -0.05) is 58.1 Å². The third-order valence-electron chi connectivity index (χ3n) is 5.94. The first-order chi connectivity index (χ1) is 16.0. The summed E-state index contributed by atoms with van der Waals surface area (Å²) in [5.74, 6) is 2.46. The van der Waals surface area contributed by atoms with Crippen LogP contribution in [-0.4, -0.2) is 24.2 Å². The van der Waals surface area contributed by atoms with Crippen LogP contribution in [0.4, 0.5) is 5.69 Å². The molecule has 1 aliphatic rings. The fraction of sp³-hybridized carbons (Fsp3) is 0.481. The van der Waals surface area contributed by atoms with Crippen LogP contribution in [0.3, 0.4) is 0 Å². The maximum Gasteiger partial charge on any atom is 0.261 e. The molecule has 2 N–H and O–H groups in total. The molecule has 0 atom stereocenters. The second-order valence-corrected chi connectivity index (χ2v) is 9.51. The van der Waals surface area contributed by atoms with Gasteiger partial charge in [0.25, 0.3) is 5.91 Å². The summed E-state index contributed by atoms with van der Waals surface area (Å²) in [7, 11) is 0. The van der Waals surface area contributed by atoms with Gasteiger partial charge >= 0.3 is 0 Å². The summed E-state index contributed by atoms with van der Waals surface area (Å²) in [4.78, 5) is 12.7. The van der Waals surface area contributed by atoms with Gasteiger partial charge in [-0.2, -0.15) is 0 Å². The second kappa shape index (κ2) is 13.2. The Morgan fingerprint density at radius 2 is 1.73 bits per heavy atom. The molecule has 1 saturated carbocycles. The highest BCUT2D eigenvalue weighted by molar-refractivity contribution is 7.80. The molecule has 1 aliphatic carbocycles. The molecule has 2 aromatic rings. The number of carbonyl (C=O) groups is 1. The van der Waals surface area contributed by atoms with Gasteiger partial charge in [-0.3, -0.25) is 10.1 Å². The summed E-state index contributed by atoms with van der Waals surface area (Å²) in [5.41, 5.74) is 1.26. The number of hydrogen-bond acceptors (Lipinski definition) is 4. The second-order valence-electron chi connectivity index (χ2n) is 9.10. The summed E-state index contributed by atoms with van der Waals surface area (Å²) in [6.07, 6.45) is 8.83. The van der Waals surface area contributed by atoms with Crippen molar-refractivity contribution >= 4 is 28.9 Å². The van der Waals surface area contributed by atoms with Crippen LogP contribution in [0.15, 0.2) is 48.5 Å². The summed E-state index contributed by atoms with van der Waals surface area (Å²) in [6, 6.07) is 14.9. The highest BCUT2D eigenvalue weighted by Gasteiger charge is 2.15. The fourth-order valence-corrected chi connectivity index (χ4v) is 4.18. The van der Waals surface area contributed by atoms with Gasteiger partial charge < -0.3 is 14.8 Å². The van der Waals surface area contributed by atoms with E-state index < -0.39 is 0 Å². The van der Waals surface area contributed by atoms with Crippen molar-refractivity contribution < 1.29 is 14.3 Å². The Balaban J connectivity index is 1.45. The molecule has 0 aliphatic heterocycles. The standard InChI is InChI=1S/C27H36N2O3S/c1-20(2)16-18-32-25-11-7-6-10-24(25)26(30)29-27(33)28-22-12-14-23(15-13-22)31-19-17-21-8-4-3-5-9-21/h6-7,10-15,20-21H,3-5,8-9,16-19H2,1-2H3,(H2,28,29,30,33). The number of hydrogen-bond donors (Lipinski definition) is 2. The van der Waals surface area contributed by atoms with E-state index in [1.165, 1.54) is 32.1 Å². The van der Waals surface area contributed by atoms with Crippen LogP contribution >= 0.6 is 12.2 Å². The summed E-state index contributed by atoms with van der Waals surface area (Å²) in [6.45, 7) is 5.61. The van der Waals surface area contributed by atoms with Gasteiger partial charge in [-0.25, -0.2) is 0 Å². The number of anilines is 1. The Morgan fingerprint density at radius 1 is 1.00 bits per heavy atom. The van der Waals surface area contributed by atoms with Gasteiger partial charge in [0, 0.05) is 5.69 Å². The highest BCUT2D eigenvalue weighted by atomic mass is 32.1. The molecular weight excluding hydrogens is 432 g/mol. The van der Waals surface area contributed by atoms with Crippen molar-refractivity contribution in [2.24, 2.45) is 11.8 Å². The topological polar surface area (TPSA) is 59.6 Å². The van der Waals surface area contributed by atoms with E-state index in [4.69, 9.17) is 21.7 Å². The molecule has 2 aromatic carbocycles. The predicted octanol–water partition coefficient (Wildman–Crippen LogP) is 6.59. The molecule has 3 rings (SSSR count). The zero-order valence-electron chi connectivity index (χ0n) is 19.8. The Hall–Kier alpha value is -2.60. The third-order valence-corrected chi connectivity index (χ3v) is 6.15. The predicted molar refractivity (Wildman–Crippen MR) is 138 cm³/mol. The Labute approximate surface area is 203 Å². The van der Waals surface area contributed by atoms with Crippen LogP contribution in [0, 0.1) is 11.8 Å². The molecule has 0 saturated heterocycles. The van der Waals surface area contributed by atoms with E-state index in [0.717, 1.165) is 36.8 Å². The molecule has 0 bridgehead atoms. The largest absolute Gasteiger partial charge is 0.494 e. The van der Waals surface area contributed by atoms with Crippen LogP contribution in [-0.2, 0) is 0 Å². The lowest BCUT2D eigenvalue weighted by Gasteiger charge is -2.21. The lowest BCUT2D eigenvalue weighted by atomic mass is 9.87. The maximum atomic E-state index is 12.7. The van der Waals surface area contributed by atoms with Crippen molar-refractivity contribution in [3.63, 3.8) is 0 Å². The minimum atomic E-state index is -0.296. The zero-order chi connectivity index (χ0) is 23.5. The lowest BCUT2D eigenvalue weighted by Crippen LogP contribution is -2.34. The molecule has 0 spiro atoms. The lowest BCUT2D eigenvalue weighted by molar-refractivity contribution is 0.0973. The third kappa shape index (κ3) is 8.69. The van der Waals surface area contributed by atoms with Gasteiger partial charge in [-0.15, -0.1) is 0 Å². The van der Waals surface area contributed by atoms with E-state index >= 15 is 0 Å². The van der Waals surface area contributed by atoms with Gasteiger partial charge in [-0.05, 0) is 73.3 Å². The zero-order valence-corrected chi connectivity index (χ0v) is 20.6. The number of carbonyl (C=O) groups excluding carboxylic acids is 1. The molecule has 0 radical (unpaired) electrons. The molecule has 5 nitrogen and oxygen atoms in total. The van der Waals surface area contributed by atoms with Crippen LogP contribution in [0.1, 0.15) is 69.2 Å². The van der Waals surface area contributed by atoms with E-state index in [1.807, 2.05) is 36.4 Å². The number of benzene rings is 2. The molecule has 0 unspecified atom stereocenters. The van der Waals surface area contributed by atoms with Gasteiger partial charge in [0.2, 0.25) is 0 Å². The van der Waals surface area contributed by atoms with Crippen LogP contribution in [0.5, 0.6) is 11.5 Å². The number of rotatable bonds is 10. The average molecular weight is 469 g/mol. The van der Waals surface area contributed by atoms with Crippen LogP contribution < -0.4 is 20.1 Å².